The number of carbonyl (C=O) groups is 1. The molecule has 4 heteroatoms. The Morgan fingerprint density at radius 1 is 1.64 bits per heavy atom. The van der Waals surface area contributed by atoms with E-state index in [1.807, 2.05) is 5.38 Å². The number of rotatable bonds is 4. The summed E-state index contributed by atoms with van der Waals surface area (Å²) < 4.78 is 4.86. The standard InChI is InChI=1S/C10H15NO2S/c1-4-7(3)8-6-14-9(11-8)10(12)13-5-2/h6-7H,4-5H2,1-3H3. The lowest BCUT2D eigenvalue weighted by Gasteiger charge is -2.02. The fourth-order valence-electron chi connectivity index (χ4n) is 1.01. The largest absolute Gasteiger partial charge is 0.461 e. The van der Waals surface area contributed by atoms with Crippen LogP contribution in [0.4, 0.5) is 0 Å². The van der Waals surface area contributed by atoms with Crippen molar-refractivity contribution in [2.45, 2.75) is 33.1 Å². The van der Waals surface area contributed by atoms with Gasteiger partial charge < -0.3 is 4.74 Å². The van der Waals surface area contributed by atoms with Gasteiger partial charge in [-0.1, -0.05) is 13.8 Å². The summed E-state index contributed by atoms with van der Waals surface area (Å²) >= 11 is 1.36. The minimum Gasteiger partial charge on any atom is -0.461 e. The summed E-state index contributed by atoms with van der Waals surface area (Å²) in [4.78, 5) is 15.5. The molecule has 0 radical (unpaired) electrons. The van der Waals surface area contributed by atoms with E-state index in [2.05, 4.69) is 18.8 Å². The average Bonchev–Trinajstić information content (AvgIpc) is 2.66. The highest BCUT2D eigenvalue weighted by Crippen LogP contribution is 2.21. The van der Waals surface area contributed by atoms with Crippen molar-refractivity contribution in [2.75, 3.05) is 6.61 Å². The first-order valence-electron chi connectivity index (χ1n) is 4.81. The second-order valence-electron chi connectivity index (χ2n) is 3.11. The molecule has 78 valence electrons. The third-order valence-electron chi connectivity index (χ3n) is 2.09. The molecule has 0 aromatic carbocycles. The molecule has 0 bridgehead atoms. The van der Waals surface area contributed by atoms with Crippen molar-refractivity contribution >= 4 is 17.3 Å². The van der Waals surface area contributed by atoms with Gasteiger partial charge in [0.15, 0.2) is 0 Å². The first-order chi connectivity index (χ1) is 6.69. The lowest BCUT2D eigenvalue weighted by Crippen LogP contribution is -2.04. The van der Waals surface area contributed by atoms with Crippen molar-refractivity contribution < 1.29 is 9.53 Å². The van der Waals surface area contributed by atoms with Crippen molar-refractivity contribution in [3.05, 3.63) is 16.1 Å². The molecular formula is C10H15NO2S. The van der Waals surface area contributed by atoms with Crippen LogP contribution >= 0.6 is 11.3 Å². The number of hydrogen-bond donors (Lipinski definition) is 0. The highest BCUT2D eigenvalue weighted by atomic mass is 32.1. The van der Waals surface area contributed by atoms with Gasteiger partial charge in [0.2, 0.25) is 5.01 Å². The maximum Gasteiger partial charge on any atom is 0.367 e. The van der Waals surface area contributed by atoms with E-state index in [1.165, 1.54) is 11.3 Å². The van der Waals surface area contributed by atoms with Crippen LogP contribution in [0, 0.1) is 0 Å². The normalized spacial score (nSPS) is 12.5. The van der Waals surface area contributed by atoms with Gasteiger partial charge in [-0.05, 0) is 19.3 Å². The Kier molecular flexibility index (Phi) is 4.07. The van der Waals surface area contributed by atoms with Crippen LogP contribution in [0.2, 0.25) is 0 Å². The third kappa shape index (κ3) is 2.54. The van der Waals surface area contributed by atoms with Crippen LogP contribution in [0.5, 0.6) is 0 Å². The van der Waals surface area contributed by atoms with Gasteiger partial charge in [0.1, 0.15) is 0 Å². The lowest BCUT2D eigenvalue weighted by atomic mass is 10.1. The van der Waals surface area contributed by atoms with Crippen molar-refractivity contribution in [1.29, 1.82) is 0 Å². The van der Waals surface area contributed by atoms with Gasteiger partial charge in [-0.2, -0.15) is 0 Å². The summed E-state index contributed by atoms with van der Waals surface area (Å²) in [6.07, 6.45) is 1.03. The predicted octanol–water partition coefficient (Wildman–Crippen LogP) is 2.83. The molecule has 0 saturated carbocycles. The molecule has 14 heavy (non-hydrogen) atoms. The van der Waals surface area contributed by atoms with Crippen LogP contribution < -0.4 is 0 Å². The van der Waals surface area contributed by atoms with Gasteiger partial charge in [0, 0.05) is 5.38 Å². The van der Waals surface area contributed by atoms with E-state index in [1.54, 1.807) is 6.92 Å². The Hall–Kier alpha value is -0.900. The minimum absolute atomic E-state index is 0.313. The first kappa shape index (κ1) is 11.2. The third-order valence-corrected chi connectivity index (χ3v) is 2.93. The van der Waals surface area contributed by atoms with Gasteiger partial charge >= 0.3 is 5.97 Å². The van der Waals surface area contributed by atoms with Crippen molar-refractivity contribution in [3.63, 3.8) is 0 Å². The van der Waals surface area contributed by atoms with E-state index in [9.17, 15) is 4.79 Å². The van der Waals surface area contributed by atoms with E-state index < -0.39 is 0 Å². The quantitative estimate of drug-likeness (QED) is 0.722. The van der Waals surface area contributed by atoms with Crippen LogP contribution in [-0.4, -0.2) is 17.6 Å². The van der Waals surface area contributed by atoms with Gasteiger partial charge in [-0.15, -0.1) is 11.3 Å². The maximum atomic E-state index is 11.3. The molecule has 0 fully saturated rings. The summed E-state index contributed by atoms with van der Waals surface area (Å²) in [7, 11) is 0. The summed E-state index contributed by atoms with van der Waals surface area (Å²) in [5, 5.41) is 2.39. The van der Waals surface area contributed by atoms with Crippen LogP contribution in [-0.2, 0) is 4.74 Å². The molecule has 1 rings (SSSR count). The highest BCUT2D eigenvalue weighted by molar-refractivity contribution is 7.11. The number of hydrogen-bond acceptors (Lipinski definition) is 4. The molecular weight excluding hydrogens is 198 g/mol. The SMILES string of the molecule is CCOC(=O)c1nc(C(C)CC)cs1. The second kappa shape index (κ2) is 5.10. The van der Waals surface area contributed by atoms with Crippen LogP contribution in [0.15, 0.2) is 5.38 Å². The zero-order valence-corrected chi connectivity index (χ0v) is 9.56. The Balaban J connectivity index is 2.72. The average molecular weight is 213 g/mol. The van der Waals surface area contributed by atoms with Crippen LogP contribution in [0.1, 0.15) is 48.6 Å². The van der Waals surface area contributed by atoms with Crippen LogP contribution in [0.3, 0.4) is 0 Å². The van der Waals surface area contributed by atoms with E-state index >= 15 is 0 Å². The maximum absolute atomic E-state index is 11.3. The molecule has 1 heterocycles. The molecule has 0 saturated heterocycles. The number of nitrogens with zero attached hydrogens (tertiary/aromatic N) is 1. The van der Waals surface area contributed by atoms with Crippen molar-refractivity contribution in [1.82, 2.24) is 4.98 Å². The van der Waals surface area contributed by atoms with E-state index in [4.69, 9.17) is 4.74 Å². The first-order valence-corrected chi connectivity index (χ1v) is 5.69. The van der Waals surface area contributed by atoms with Crippen LogP contribution in [0.25, 0.3) is 0 Å². The fraction of sp³-hybridized carbons (Fsp3) is 0.600. The zero-order chi connectivity index (χ0) is 10.6. The molecule has 1 aromatic heterocycles. The van der Waals surface area contributed by atoms with E-state index in [-0.39, 0.29) is 5.97 Å². The predicted molar refractivity (Wildman–Crippen MR) is 56.8 cm³/mol. The molecule has 1 aromatic rings. The fourth-order valence-corrected chi connectivity index (χ4v) is 1.84. The topological polar surface area (TPSA) is 39.2 Å². The van der Waals surface area contributed by atoms with Gasteiger partial charge in [-0.3, -0.25) is 0 Å². The molecule has 0 N–H and O–H groups in total. The zero-order valence-electron chi connectivity index (χ0n) is 8.74. The van der Waals surface area contributed by atoms with Gasteiger partial charge in [-0.25, -0.2) is 9.78 Å². The Bertz CT molecular complexity index is 309. The van der Waals surface area contributed by atoms with E-state index in [0.717, 1.165) is 12.1 Å². The number of ether oxygens (including phenoxy) is 1. The van der Waals surface area contributed by atoms with Crippen molar-refractivity contribution in [2.24, 2.45) is 0 Å². The van der Waals surface area contributed by atoms with Gasteiger partial charge in [0.05, 0.1) is 12.3 Å². The molecule has 1 unspecified atom stereocenters. The number of carbonyl (C=O) groups excluding carboxylic acids is 1. The Labute approximate surface area is 88.1 Å². The molecule has 0 aliphatic carbocycles. The smallest absolute Gasteiger partial charge is 0.367 e. The number of esters is 1. The van der Waals surface area contributed by atoms with Gasteiger partial charge in [0.25, 0.3) is 0 Å². The second-order valence-corrected chi connectivity index (χ2v) is 3.97. The monoisotopic (exact) mass is 213 g/mol. The summed E-state index contributed by atoms with van der Waals surface area (Å²) in [5.41, 5.74) is 0.987. The summed E-state index contributed by atoms with van der Waals surface area (Å²) in [6.45, 7) is 6.40. The molecule has 0 amide bonds. The molecule has 1 atom stereocenters. The molecule has 0 spiro atoms. The number of thiazole rings is 1. The summed E-state index contributed by atoms with van der Waals surface area (Å²) in [5.74, 6) is 0.0986. The summed E-state index contributed by atoms with van der Waals surface area (Å²) in [6, 6.07) is 0. The highest BCUT2D eigenvalue weighted by Gasteiger charge is 2.14. The lowest BCUT2D eigenvalue weighted by molar-refractivity contribution is 0.0525. The molecule has 0 aliphatic rings. The molecule has 0 aliphatic heterocycles. The Morgan fingerprint density at radius 2 is 2.36 bits per heavy atom. The Morgan fingerprint density at radius 3 is 2.93 bits per heavy atom. The minimum atomic E-state index is -0.313. The molecule has 3 nitrogen and oxygen atoms in total. The van der Waals surface area contributed by atoms with E-state index in [0.29, 0.717) is 17.5 Å². The van der Waals surface area contributed by atoms with Crippen molar-refractivity contribution in [3.8, 4) is 0 Å². The number of aromatic nitrogens is 1.